The monoisotopic (exact) mass is 296 g/mol. The number of aliphatic hydroxyl groups is 1. The van der Waals surface area contributed by atoms with E-state index in [4.69, 9.17) is 0 Å². The Balaban J connectivity index is 2.45. The number of amides is 2. The molecule has 6 heteroatoms. The molecule has 1 heterocycles. The fourth-order valence-corrected chi connectivity index (χ4v) is 2.47. The quantitative estimate of drug-likeness (QED) is 0.687. The maximum absolute atomic E-state index is 11.9. The van der Waals surface area contributed by atoms with Crippen molar-refractivity contribution < 1.29 is 9.90 Å². The molecule has 0 aliphatic carbocycles. The molecule has 0 radical (unpaired) electrons. The molecule has 0 bridgehead atoms. The molecule has 6 nitrogen and oxygen atoms in total. The zero-order valence-electron chi connectivity index (χ0n) is 13.5. The van der Waals surface area contributed by atoms with E-state index in [2.05, 4.69) is 15.7 Å². The molecule has 1 unspecified atom stereocenters. The maximum atomic E-state index is 11.9. The molecule has 2 amide bonds. The fourth-order valence-electron chi connectivity index (χ4n) is 2.47. The van der Waals surface area contributed by atoms with Crippen LogP contribution in [-0.2, 0) is 7.05 Å². The summed E-state index contributed by atoms with van der Waals surface area (Å²) in [6.07, 6.45) is 6.78. The minimum absolute atomic E-state index is 0.121. The van der Waals surface area contributed by atoms with Crippen LogP contribution in [0.1, 0.15) is 58.1 Å². The van der Waals surface area contributed by atoms with Crippen molar-refractivity contribution >= 4 is 6.03 Å². The maximum Gasteiger partial charge on any atom is 0.315 e. The number of nitrogens with one attached hydrogen (secondary N) is 2. The van der Waals surface area contributed by atoms with Gasteiger partial charge in [-0.3, -0.25) is 4.68 Å². The molecule has 0 spiro atoms. The molecule has 1 rings (SSSR count). The molecule has 0 aromatic carbocycles. The molecule has 0 fully saturated rings. The standard InChI is InChI=1S/C15H28N4O2/c1-5-7-15(21,8-6-2)11-16-14(20)18-12(3)13-9-17-19(4)10-13/h9-10,12,21H,5-8,11H2,1-4H3,(H2,16,18,20). The highest BCUT2D eigenvalue weighted by Crippen LogP contribution is 2.18. The molecule has 1 aromatic heterocycles. The number of aryl methyl sites for hydroxylation is 1. The summed E-state index contributed by atoms with van der Waals surface area (Å²) in [7, 11) is 1.84. The van der Waals surface area contributed by atoms with Crippen LogP contribution in [0.15, 0.2) is 12.4 Å². The molecular weight excluding hydrogens is 268 g/mol. The SMILES string of the molecule is CCCC(O)(CCC)CNC(=O)NC(C)c1cnn(C)c1. The number of urea groups is 1. The van der Waals surface area contributed by atoms with E-state index in [0.717, 1.165) is 18.4 Å². The van der Waals surface area contributed by atoms with Crippen LogP contribution in [0.2, 0.25) is 0 Å². The number of aromatic nitrogens is 2. The summed E-state index contributed by atoms with van der Waals surface area (Å²) in [5, 5.41) is 20.2. The highest BCUT2D eigenvalue weighted by atomic mass is 16.3. The average Bonchev–Trinajstić information content (AvgIpc) is 2.84. The second kappa shape index (κ2) is 8.02. The van der Waals surface area contributed by atoms with E-state index in [0.29, 0.717) is 12.8 Å². The first kappa shape index (κ1) is 17.5. The lowest BCUT2D eigenvalue weighted by Crippen LogP contribution is -2.46. The number of rotatable bonds is 8. The van der Waals surface area contributed by atoms with Crippen molar-refractivity contribution in [3.63, 3.8) is 0 Å². The Morgan fingerprint density at radius 3 is 2.52 bits per heavy atom. The molecular formula is C15H28N4O2. The van der Waals surface area contributed by atoms with Crippen molar-refractivity contribution in [2.24, 2.45) is 7.05 Å². The third-order valence-electron chi connectivity index (χ3n) is 3.58. The summed E-state index contributed by atoms with van der Waals surface area (Å²) in [5.74, 6) is 0. The van der Waals surface area contributed by atoms with Gasteiger partial charge in [-0.2, -0.15) is 5.10 Å². The van der Waals surface area contributed by atoms with E-state index < -0.39 is 5.60 Å². The van der Waals surface area contributed by atoms with Crippen LogP contribution in [-0.4, -0.2) is 33.1 Å². The Kier molecular flexibility index (Phi) is 6.68. The zero-order valence-corrected chi connectivity index (χ0v) is 13.5. The van der Waals surface area contributed by atoms with Crippen LogP contribution in [0.4, 0.5) is 4.79 Å². The normalized spacial score (nSPS) is 13.0. The summed E-state index contributed by atoms with van der Waals surface area (Å²) in [6, 6.07) is -0.388. The fraction of sp³-hybridized carbons (Fsp3) is 0.733. The number of nitrogens with zero attached hydrogens (tertiary/aromatic N) is 2. The van der Waals surface area contributed by atoms with Gasteiger partial charge in [0, 0.05) is 25.4 Å². The summed E-state index contributed by atoms with van der Waals surface area (Å²) in [5.41, 5.74) is 0.142. The van der Waals surface area contributed by atoms with Gasteiger partial charge in [-0.15, -0.1) is 0 Å². The first-order valence-corrected chi connectivity index (χ1v) is 7.65. The minimum Gasteiger partial charge on any atom is -0.388 e. The molecule has 3 N–H and O–H groups in total. The molecule has 21 heavy (non-hydrogen) atoms. The van der Waals surface area contributed by atoms with Gasteiger partial charge >= 0.3 is 6.03 Å². The second-order valence-corrected chi connectivity index (χ2v) is 5.72. The van der Waals surface area contributed by atoms with Gasteiger partial charge in [0.1, 0.15) is 0 Å². The van der Waals surface area contributed by atoms with Crippen LogP contribution in [0, 0.1) is 0 Å². The first-order chi connectivity index (χ1) is 9.90. The lowest BCUT2D eigenvalue weighted by Gasteiger charge is -2.28. The average molecular weight is 296 g/mol. The van der Waals surface area contributed by atoms with Crippen LogP contribution >= 0.6 is 0 Å². The first-order valence-electron chi connectivity index (χ1n) is 7.65. The Labute approximate surface area is 126 Å². The highest BCUT2D eigenvalue weighted by molar-refractivity contribution is 5.74. The van der Waals surface area contributed by atoms with Crippen molar-refractivity contribution in [1.29, 1.82) is 0 Å². The van der Waals surface area contributed by atoms with E-state index in [1.807, 2.05) is 34.0 Å². The Bertz CT molecular complexity index is 439. The lowest BCUT2D eigenvalue weighted by molar-refractivity contribution is 0.0240. The molecule has 1 atom stereocenters. The van der Waals surface area contributed by atoms with E-state index in [9.17, 15) is 9.90 Å². The Hall–Kier alpha value is -1.56. The van der Waals surface area contributed by atoms with E-state index in [1.54, 1.807) is 10.9 Å². The van der Waals surface area contributed by atoms with Crippen molar-refractivity contribution in [1.82, 2.24) is 20.4 Å². The molecule has 120 valence electrons. The van der Waals surface area contributed by atoms with Crippen LogP contribution in [0.5, 0.6) is 0 Å². The number of carbonyl (C=O) groups is 1. The van der Waals surface area contributed by atoms with Crippen molar-refractivity contribution in [3.8, 4) is 0 Å². The van der Waals surface area contributed by atoms with E-state index in [-0.39, 0.29) is 18.6 Å². The summed E-state index contributed by atoms with van der Waals surface area (Å²) in [4.78, 5) is 11.9. The third kappa shape index (κ3) is 5.75. The smallest absolute Gasteiger partial charge is 0.315 e. The number of hydrogen-bond acceptors (Lipinski definition) is 3. The van der Waals surface area contributed by atoms with Crippen LogP contribution in [0.25, 0.3) is 0 Å². The molecule has 1 aromatic rings. The van der Waals surface area contributed by atoms with Gasteiger partial charge in [-0.1, -0.05) is 26.7 Å². The third-order valence-corrected chi connectivity index (χ3v) is 3.58. The van der Waals surface area contributed by atoms with Gasteiger partial charge < -0.3 is 15.7 Å². The predicted octanol–water partition coefficient (Wildman–Crippen LogP) is 2.11. The van der Waals surface area contributed by atoms with E-state index >= 15 is 0 Å². The van der Waals surface area contributed by atoms with Crippen molar-refractivity contribution in [2.75, 3.05) is 6.54 Å². The Morgan fingerprint density at radius 1 is 1.43 bits per heavy atom. The van der Waals surface area contributed by atoms with E-state index in [1.165, 1.54) is 0 Å². The highest BCUT2D eigenvalue weighted by Gasteiger charge is 2.25. The van der Waals surface area contributed by atoms with Gasteiger partial charge in [-0.25, -0.2) is 4.79 Å². The van der Waals surface area contributed by atoms with Crippen LogP contribution < -0.4 is 10.6 Å². The zero-order chi connectivity index (χ0) is 15.9. The number of carbonyl (C=O) groups excluding carboxylic acids is 1. The van der Waals surface area contributed by atoms with Gasteiger partial charge in [0.25, 0.3) is 0 Å². The minimum atomic E-state index is -0.807. The van der Waals surface area contributed by atoms with Crippen molar-refractivity contribution in [2.45, 2.75) is 58.1 Å². The van der Waals surface area contributed by atoms with Crippen LogP contribution in [0.3, 0.4) is 0 Å². The summed E-state index contributed by atoms with van der Waals surface area (Å²) < 4.78 is 1.70. The summed E-state index contributed by atoms with van der Waals surface area (Å²) >= 11 is 0. The molecule has 0 saturated heterocycles. The topological polar surface area (TPSA) is 79.2 Å². The molecule has 0 saturated carbocycles. The Morgan fingerprint density at radius 2 is 2.05 bits per heavy atom. The molecule has 0 aliphatic rings. The van der Waals surface area contributed by atoms with Gasteiger partial charge in [0.2, 0.25) is 0 Å². The largest absolute Gasteiger partial charge is 0.388 e. The van der Waals surface area contributed by atoms with Gasteiger partial charge in [-0.05, 0) is 19.8 Å². The van der Waals surface area contributed by atoms with Crippen molar-refractivity contribution in [3.05, 3.63) is 18.0 Å². The molecule has 0 aliphatic heterocycles. The van der Waals surface area contributed by atoms with Gasteiger partial charge in [0.15, 0.2) is 0 Å². The van der Waals surface area contributed by atoms with Gasteiger partial charge in [0.05, 0.1) is 17.8 Å². The lowest BCUT2D eigenvalue weighted by atomic mass is 9.93. The number of hydrogen-bond donors (Lipinski definition) is 3. The predicted molar refractivity (Wildman–Crippen MR) is 82.9 cm³/mol. The summed E-state index contributed by atoms with van der Waals surface area (Å²) in [6.45, 7) is 6.25. The second-order valence-electron chi connectivity index (χ2n) is 5.72.